The molecule has 0 atom stereocenters. The molecule has 2 amide bonds. The lowest BCUT2D eigenvalue weighted by Crippen LogP contribution is -2.25. The lowest BCUT2D eigenvalue weighted by Gasteiger charge is -2.19. The first-order valence-electron chi connectivity index (χ1n) is 5.78. The van der Waals surface area contributed by atoms with Crippen LogP contribution in [0.5, 0.6) is 0 Å². The molecular weight excluding hydrogens is 282 g/mol. The van der Waals surface area contributed by atoms with Crippen molar-refractivity contribution in [1.82, 2.24) is 13.9 Å². The number of thioether (sulfide) groups is 1. The molecule has 1 aliphatic rings. The SMILES string of the molecule is C=CCN(S)C(=O)N=c1cc(N)n2c(n1)SCCC2. The predicted octanol–water partition coefficient (Wildman–Crippen LogP) is 1.31. The highest BCUT2D eigenvalue weighted by Crippen LogP contribution is 2.23. The van der Waals surface area contributed by atoms with Gasteiger partial charge < -0.3 is 10.3 Å². The first-order chi connectivity index (χ1) is 9.11. The second kappa shape index (κ2) is 6.16. The third-order valence-corrected chi connectivity index (χ3v) is 3.92. The predicted molar refractivity (Wildman–Crippen MR) is 78.8 cm³/mol. The number of anilines is 1. The van der Waals surface area contributed by atoms with Gasteiger partial charge in [0.25, 0.3) is 0 Å². The molecule has 0 aliphatic carbocycles. The molecule has 6 nitrogen and oxygen atoms in total. The summed E-state index contributed by atoms with van der Waals surface area (Å²) in [6.07, 6.45) is 2.63. The standard InChI is InChI=1S/C11H15N5OS2/c1-2-4-16(18)10(17)13-9-7-8(12)15-5-3-6-19-11(15)14-9/h2,7,18H,1,3-6,12H2. The van der Waals surface area contributed by atoms with Gasteiger partial charge in [-0.25, -0.2) is 9.78 Å². The molecule has 2 N–H and O–H groups in total. The van der Waals surface area contributed by atoms with E-state index in [0.717, 1.165) is 28.2 Å². The zero-order chi connectivity index (χ0) is 13.8. The van der Waals surface area contributed by atoms with E-state index >= 15 is 0 Å². The highest BCUT2D eigenvalue weighted by atomic mass is 32.2. The molecule has 2 heterocycles. The largest absolute Gasteiger partial charge is 0.385 e. The summed E-state index contributed by atoms with van der Waals surface area (Å²) < 4.78 is 3.09. The van der Waals surface area contributed by atoms with Crippen LogP contribution in [0.4, 0.5) is 10.6 Å². The molecule has 1 aromatic heterocycles. The normalized spacial score (nSPS) is 14.9. The highest BCUT2D eigenvalue weighted by molar-refractivity contribution is 7.99. The van der Waals surface area contributed by atoms with Gasteiger partial charge in [0.1, 0.15) is 5.82 Å². The summed E-state index contributed by atoms with van der Waals surface area (Å²) in [6.45, 7) is 4.70. The van der Waals surface area contributed by atoms with Crippen molar-refractivity contribution < 1.29 is 4.79 Å². The van der Waals surface area contributed by atoms with E-state index in [-0.39, 0.29) is 0 Å². The average Bonchev–Trinajstić information content (AvgIpc) is 2.39. The van der Waals surface area contributed by atoms with Gasteiger partial charge in [-0.15, -0.1) is 6.58 Å². The van der Waals surface area contributed by atoms with Crippen molar-refractivity contribution in [2.75, 3.05) is 18.0 Å². The van der Waals surface area contributed by atoms with Crippen LogP contribution in [0.25, 0.3) is 0 Å². The zero-order valence-corrected chi connectivity index (χ0v) is 12.0. The number of nitrogens with zero attached hydrogens (tertiary/aromatic N) is 4. The van der Waals surface area contributed by atoms with E-state index in [1.807, 2.05) is 4.57 Å². The number of nitrogens with two attached hydrogens (primary N) is 1. The third-order valence-electron chi connectivity index (χ3n) is 2.52. The first-order valence-corrected chi connectivity index (χ1v) is 7.16. The number of nitrogen functional groups attached to an aromatic ring is 1. The Bertz CT molecular complexity index is 569. The molecular formula is C11H15N5OS2. The Kier molecular flexibility index (Phi) is 4.54. The van der Waals surface area contributed by atoms with Crippen LogP contribution in [0, 0.1) is 0 Å². The van der Waals surface area contributed by atoms with E-state index in [0.29, 0.717) is 17.9 Å². The summed E-state index contributed by atoms with van der Waals surface area (Å²) >= 11 is 5.62. The van der Waals surface area contributed by atoms with Crippen LogP contribution in [0.2, 0.25) is 0 Å². The second-order valence-corrected chi connectivity index (χ2v) is 5.49. The van der Waals surface area contributed by atoms with Crippen molar-refractivity contribution in [3.63, 3.8) is 0 Å². The molecule has 1 aromatic rings. The zero-order valence-electron chi connectivity index (χ0n) is 10.3. The molecule has 2 rings (SSSR count). The number of aromatic nitrogens is 2. The van der Waals surface area contributed by atoms with Gasteiger partial charge in [-0.2, -0.15) is 4.99 Å². The fourth-order valence-corrected chi connectivity index (χ4v) is 2.77. The van der Waals surface area contributed by atoms with E-state index in [2.05, 4.69) is 29.4 Å². The summed E-state index contributed by atoms with van der Waals surface area (Å²) in [5.41, 5.74) is 6.25. The van der Waals surface area contributed by atoms with Crippen LogP contribution in [0.1, 0.15) is 6.42 Å². The molecule has 0 fully saturated rings. The Morgan fingerprint density at radius 3 is 3.32 bits per heavy atom. The Hall–Kier alpha value is -1.41. The van der Waals surface area contributed by atoms with E-state index in [1.165, 1.54) is 0 Å². The lowest BCUT2D eigenvalue weighted by atomic mass is 10.4. The minimum Gasteiger partial charge on any atom is -0.385 e. The minimum absolute atomic E-state index is 0.311. The van der Waals surface area contributed by atoms with Gasteiger partial charge in [-0.3, -0.25) is 4.31 Å². The van der Waals surface area contributed by atoms with Gasteiger partial charge in [0.2, 0.25) is 0 Å². The summed E-state index contributed by atoms with van der Waals surface area (Å²) in [5.74, 6) is 1.57. The fraction of sp³-hybridized carbons (Fsp3) is 0.364. The number of rotatable bonds is 2. The van der Waals surface area contributed by atoms with Crippen LogP contribution in [0.3, 0.4) is 0 Å². The summed E-state index contributed by atoms with van der Waals surface area (Å²) in [5, 5.41) is 0.798. The molecule has 0 saturated carbocycles. The molecule has 19 heavy (non-hydrogen) atoms. The lowest BCUT2D eigenvalue weighted by molar-refractivity contribution is 0.237. The number of carbonyl (C=O) groups excluding carboxylic acids is 1. The molecule has 0 bridgehead atoms. The van der Waals surface area contributed by atoms with Crippen LogP contribution in [0.15, 0.2) is 28.9 Å². The van der Waals surface area contributed by atoms with Crippen molar-refractivity contribution >= 4 is 36.4 Å². The number of hydrogen-bond donors (Lipinski definition) is 2. The molecule has 0 unspecified atom stereocenters. The van der Waals surface area contributed by atoms with Crippen LogP contribution < -0.4 is 11.2 Å². The van der Waals surface area contributed by atoms with Crippen LogP contribution >= 0.6 is 24.6 Å². The fourth-order valence-electron chi connectivity index (χ4n) is 1.65. The van der Waals surface area contributed by atoms with E-state index in [4.69, 9.17) is 5.73 Å². The quantitative estimate of drug-likeness (QED) is 0.490. The molecule has 0 radical (unpaired) electrons. The first kappa shape index (κ1) is 14.0. The van der Waals surface area contributed by atoms with E-state index < -0.39 is 6.03 Å². The highest BCUT2D eigenvalue weighted by Gasteiger charge is 2.13. The van der Waals surface area contributed by atoms with Crippen molar-refractivity contribution in [1.29, 1.82) is 0 Å². The summed E-state index contributed by atoms with van der Waals surface area (Å²) in [6, 6.07) is 1.11. The number of hydrogen-bond acceptors (Lipinski definition) is 5. The summed E-state index contributed by atoms with van der Waals surface area (Å²) in [4.78, 5) is 19.9. The number of carbonyl (C=O) groups is 1. The van der Waals surface area contributed by atoms with E-state index in [9.17, 15) is 4.79 Å². The van der Waals surface area contributed by atoms with Gasteiger partial charge in [0.05, 0.1) is 6.54 Å². The monoisotopic (exact) mass is 297 g/mol. The van der Waals surface area contributed by atoms with Crippen molar-refractivity contribution in [3.8, 4) is 0 Å². The van der Waals surface area contributed by atoms with Crippen LogP contribution in [-0.2, 0) is 6.54 Å². The van der Waals surface area contributed by atoms with Gasteiger partial charge in [0.15, 0.2) is 10.6 Å². The maximum absolute atomic E-state index is 11.7. The maximum Gasteiger partial charge on any atom is 0.355 e. The van der Waals surface area contributed by atoms with Gasteiger partial charge in [0, 0.05) is 18.4 Å². The Labute approximate surface area is 121 Å². The van der Waals surface area contributed by atoms with Crippen molar-refractivity contribution in [2.45, 2.75) is 18.1 Å². The Morgan fingerprint density at radius 2 is 2.58 bits per heavy atom. The smallest absolute Gasteiger partial charge is 0.355 e. The molecule has 8 heteroatoms. The molecule has 0 aromatic carbocycles. The Balaban J connectivity index is 2.32. The Morgan fingerprint density at radius 1 is 1.79 bits per heavy atom. The average molecular weight is 297 g/mol. The molecule has 1 aliphatic heterocycles. The number of fused-ring (bicyclic) bond motifs is 1. The van der Waals surface area contributed by atoms with Gasteiger partial charge in [-0.1, -0.05) is 30.7 Å². The molecule has 102 valence electrons. The van der Waals surface area contributed by atoms with Gasteiger partial charge >= 0.3 is 6.03 Å². The van der Waals surface area contributed by atoms with Gasteiger partial charge in [-0.05, 0) is 6.42 Å². The number of thiol groups is 1. The van der Waals surface area contributed by atoms with Crippen molar-refractivity contribution in [3.05, 3.63) is 24.2 Å². The van der Waals surface area contributed by atoms with Crippen molar-refractivity contribution in [2.24, 2.45) is 4.99 Å². The topological polar surface area (TPSA) is 76.5 Å². The second-order valence-electron chi connectivity index (χ2n) is 3.94. The molecule has 0 spiro atoms. The van der Waals surface area contributed by atoms with E-state index in [1.54, 1.807) is 23.9 Å². The maximum atomic E-state index is 11.7. The molecule has 0 saturated heterocycles. The third kappa shape index (κ3) is 3.32. The number of amides is 2. The minimum atomic E-state index is -0.485. The number of urea groups is 1. The van der Waals surface area contributed by atoms with Crippen LogP contribution in [-0.4, -0.2) is 32.2 Å². The summed E-state index contributed by atoms with van der Waals surface area (Å²) in [7, 11) is 0.